The zero-order valence-electron chi connectivity index (χ0n) is 8.25. The molecule has 4 heteroatoms. The molecule has 0 unspecified atom stereocenters. The number of rotatable bonds is 2. The number of hydrogen-bond donors (Lipinski definition) is 0. The second-order valence-corrected chi connectivity index (χ2v) is 4.26. The van der Waals surface area contributed by atoms with E-state index in [1.165, 1.54) is 12.1 Å². The topological polar surface area (TPSA) is 12.9 Å². The SMILES string of the molecule is Fc1cccc(-c2cnc(CBr)c(Cl)c2)c1. The monoisotopic (exact) mass is 299 g/mol. The Morgan fingerprint density at radius 2 is 2.06 bits per heavy atom. The van der Waals surface area contributed by atoms with Crippen molar-refractivity contribution in [2.45, 2.75) is 5.33 Å². The molecule has 2 aromatic rings. The maximum absolute atomic E-state index is 13.0. The summed E-state index contributed by atoms with van der Waals surface area (Å²) in [6.45, 7) is 0. The van der Waals surface area contributed by atoms with Gasteiger partial charge in [-0.2, -0.15) is 0 Å². The molecule has 16 heavy (non-hydrogen) atoms. The molecule has 82 valence electrons. The maximum atomic E-state index is 13.0. The van der Waals surface area contributed by atoms with Crippen molar-refractivity contribution in [1.82, 2.24) is 4.98 Å². The fourth-order valence-corrected chi connectivity index (χ4v) is 2.23. The van der Waals surface area contributed by atoms with E-state index in [1.807, 2.05) is 6.07 Å². The Labute approximate surface area is 106 Å². The van der Waals surface area contributed by atoms with Gasteiger partial charge in [-0.3, -0.25) is 4.98 Å². The quantitative estimate of drug-likeness (QED) is 0.747. The van der Waals surface area contributed by atoms with Crippen molar-refractivity contribution in [3.8, 4) is 11.1 Å². The summed E-state index contributed by atoms with van der Waals surface area (Å²) in [6, 6.07) is 8.15. The minimum atomic E-state index is -0.266. The number of hydrogen-bond acceptors (Lipinski definition) is 1. The highest BCUT2D eigenvalue weighted by Crippen LogP contribution is 2.25. The van der Waals surface area contributed by atoms with E-state index in [1.54, 1.807) is 18.3 Å². The van der Waals surface area contributed by atoms with Crippen LogP contribution in [0.1, 0.15) is 5.69 Å². The van der Waals surface area contributed by atoms with Crippen LogP contribution in [0.2, 0.25) is 5.02 Å². The third kappa shape index (κ3) is 2.42. The Morgan fingerprint density at radius 1 is 1.25 bits per heavy atom. The van der Waals surface area contributed by atoms with Gasteiger partial charge in [-0.15, -0.1) is 0 Å². The van der Waals surface area contributed by atoms with E-state index in [4.69, 9.17) is 11.6 Å². The second-order valence-electron chi connectivity index (χ2n) is 3.30. The van der Waals surface area contributed by atoms with Crippen LogP contribution in [0.4, 0.5) is 4.39 Å². The highest BCUT2D eigenvalue weighted by atomic mass is 79.9. The number of benzene rings is 1. The number of nitrogens with zero attached hydrogens (tertiary/aromatic N) is 1. The fraction of sp³-hybridized carbons (Fsp3) is 0.0833. The standard InChI is InChI=1S/C12H8BrClFN/c13-6-12-11(14)5-9(7-16-12)8-2-1-3-10(15)4-8/h1-5,7H,6H2. The van der Waals surface area contributed by atoms with E-state index in [9.17, 15) is 4.39 Å². The number of halogens is 3. The van der Waals surface area contributed by atoms with Crippen molar-refractivity contribution < 1.29 is 4.39 Å². The van der Waals surface area contributed by atoms with Crippen LogP contribution in [-0.2, 0) is 5.33 Å². The predicted octanol–water partition coefficient (Wildman–Crippen LogP) is 4.44. The summed E-state index contributed by atoms with van der Waals surface area (Å²) in [7, 11) is 0. The van der Waals surface area contributed by atoms with Crippen molar-refractivity contribution in [2.24, 2.45) is 0 Å². The Morgan fingerprint density at radius 3 is 2.69 bits per heavy atom. The summed E-state index contributed by atoms with van der Waals surface area (Å²) < 4.78 is 13.0. The number of alkyl halides is 1. The van der Waals surface area contributed by atoms with Crippen molar-refractivity contribution in [1.29, 1.82) is 0 Å². The van der Waals surface area contributed by atoms with Crippen LogP contribution in [0.15, 0.2) is 36.5 Å². The summed E-state index contributed by atoms with van der Waals surface area (Å²) in [6.07, 6.45) is 1.69. The van der Waals surface area contributed by atoms with Crippen molar-refractivity contribution in [2.75, 3.05) is 0 Å². The number of pyridine rings is 1. The highest BCUT2D eigenvalue weighted by Gasteiger charge is 2.04. The van der Waals surface area contributed by atoms with Gasteiger partial charge in [0.15, 0.2) is 0 Å². The Kier molecular flexibility index (Phi) is 3.56. The summed E-state index contributed by atoms with van der Waals surface area (Å²) >= 11 is 9.33. The van der Waals surface area contributed by atoms with Crippen LogP contribution < -0.4 is 0 Å². The van der Waals surface area contributed by atoms with Gasteiger partial charge in [-0.05, 0) is 23.8 Å². The third-order valence-electron chi connectivity index (χ3n) is 2.20. The molecule has 1 heterocycles. The molecule has 0 saturated carbocycles. The number of aromatic nitrogens is 1. The minimum absolute atomic E-state index is 0.266. The van der Waals surface area contributed by atoms with Crippen LogP contribution in [0.25, 0.3) is 11.1 Å². The van der Waals surface area contributed by atoms with Gasteiger partial charge in [-0.25, -0.2) is 4.39 Å². The lowest BCUT2D eigenvalue weighted by Gasteiger charge is -2.04. The van der Waals surface area contributed by atoms with Gasteiger partial charge in [0.1, 0.15) is 5.82 Å². The molecule has 0 saturated heterocycles. The average Bonchev–Trinajstić information content (AvgIpc) is 2.29. The van der Waals surface area contributed by atoms with Crippen LogP contribution in [0.3, 0.4) is 0 Å². The van der Waals surface area contributed by atoms with Gasteiger partial charge in [-0.1, -0.05) is 39.7 Å². The molecule has 0 spiro atoms. The summed E-state index contributed by atoms with van der Waals surface area (Å²) in [5.41, 5.74) is 2.37. The van der Waals surface area contributed by atoms with Crippen LogP contribution >= 0.6 is 27.5 Å². The van der Waals surface area contributed by atoms with E-state index >= 15 is 0 Å². The van der Waals surface area contributed by atoms with E-state index in [0.717, 1.165) is 16.8 Å². The van der Waals surface area contributed by atoms with Gasteiger partial charge in [0.2, 0.25) is 0 Å². The average molecular weight is 301 g/mol. The third-order valence-corrected chi connectivity index (χ3v) is 3.06. The zero-order chi connectivity index (χ0) is 11.5. The first-order valence-corrected chi connectivity index (χ1v) is 6.17. The molecule has 0 bridgehead atoms. The summed E-state index contributed by atoms with van der Waals surface area (Å²) in [5.74, 6) is -0.266. The van der Waals surface area contributed by atoms with E-state index in [-0.39, 0.29) is 5.82 Å². The van der Waals surface area contributed by atoms with Gasteiger partial charge in [0.05, 0.1) is 10.7 Å². The van der Waals surface area contributed by atoms with Crippen molar-refractivity contribution in [3.05, 3.63) is 53.1 Å². The van der Waals surface area contributed by atoms with Gasteiger partial charge in [0, 0.05) is 17.1 Å². The molecule has 0 amide bonds. The summed E-state index contributed by atoms with van der Waals surface area (Å²) in [4.78, 5) is 4.20. The summed E-state index contributed by atoms with van der Waals surface area (Å²) in [5, 5.41) is 1.19. The minimum Gasteiger partial charge on any atom is -0.258 e. The Bertz CT molecular complexity index is 516. The molecule has 0 radical (unpaired) electrons. The lowest BCUT2D eigenvalue weighted by atomic mass is 10.1. The zero-order valence-corrected chi connectivity index (χ0v) is 10.6. The molecular formula is C12H8BrClFN. The maximum Gasteiger partial charge on any atom is 0.123 e. The highest BCUT2D eigenvalue weighted by molar-refractivity contribution is 9.08. The van der Waals surface area contributed by atoms with Gasteiger partial charge < -0.3 is 0 Å². The first-order valence-electron chi connectivity index (χ1n) is 4.67. The van der Waals surface area contributed by atoms with Crippen LogP contribution in [0.5, 0.6) is 0 Å². The molecule has 0 N–H and O–H groups in total. The molecule has 2 rings (SSSR count). The van der Waals surface area contributed by atoms with Gasteiger partial charge in [0.25, 0.3) is 0 Å². The van der Waals surface area contributed by atoms with E-state index in [0.29, 0.717) is 10.4 Å². The predicted molar refractivity (Wildman–Crippen MR) is 67.3 cm³/mol. The smallest absolute Gasteiger partial charge is 0.123 e. The molecule has 1 nitrogen and oxygen atoms in total. The lowest BCUT2D eigenvalue weighted by Crippen LogP contribution is -1.88. The van der Waals surface area contributed by atoms with Gasteiger partial charge >= 0.3 is 0 Å². The molecular weight excluding hydrogens is 292 g/mol. The largest absolute Gasteiger partial charge is 0.258 e. The normalized spacial score (nSPS) is 10.4. The van der Waals surface area contributed by atoms with E-state index in [2.05, 4.69) is 20.9 Å². The molecule has 1 aromatic heterocycles. The Hall–Kier alpha value is -0.930. The molecule has 0 aliphatic heterocycles. The second kappa shape index (κ2) is 4.93. The lowest BCUT2D eigenvalue weighted by molar-refractivity contribution is 0.628. The molecule has 1 aromatic carbocycles. The van der Waals surface area contributed by atoms with Crippen LogP contribution in [-0.4, -0.2) is 4.98 Å². The molecule has 0 atom stereocenters. The van der Waals surface area contributed by atoms with E-state index < -0.39 is 0 Å². The first kappa shape index (κ1) is 11.6. The molecule has 0 aliphatic rings. The molecule has 0 fully saturated rings. The molecule has 0 aliphatic carbocycles. The first-order chi connectivity index (χ1) is 7.70. The Balaban J connectivity index is 2.45. The van der Waals surface area contributed by atoms with Crippen molar-refractivity contribution in [3.63, 3.8) is 0 Å². The van der Waals surface area contributed by atoms with Crippen molar-refractivity contribution >= 4 is 27.5 Å². The van der Waals surface area contributed by atoms with Crippen LogP contribution in [0, 0.1) is 5.82 Å². The fourth-order valence-electron chi connectivity index (χ4n) is 1.39.